The molecule has 0 aromatic rings. The zero-order chi connectivity index (χ0) is 11.0. The van der Waals surface area contributed by atoms with Crippen molar-refractivity contribution in [2.24, 2.45) is 0 Å². The molecule has 0 heterocycles. The first-order valence-corrected chi connectivity index (χ1v) is 7.15. The Morgan fingerprint density at radius 1 is 1.07 bits per heavy atom. The normalized spacial score (nSPS) is 13.9. The lowest BCUT2D eigenvalue weighted by Gasteiger charge is -2.32. The highest BCUT2D eigenvalue weighted by Crippen LogP contribution is 2.11. The van der Waals surface area contributed by atoms with E-state index < -0.39 is 9.28 Å². The van der Waals surface area contributed by atoms with E-state index in [1.54, 1.807) is 14.2 Å². The highest BCUT2D eigenvalue weighted by Gasteiger charge is 2.27. The fourth-order valence-electron chi connectivity index (χ4n) is 1.89. The number of hydrogen-bond acceptors (Lipinski definition) is 3. The molecule has 14 heavy (non-hydrogen) atoms. The van der Waals surface area contributed by atoms with Gasteiger partial charge in [-0.2, -0.15) is 0 Å². The summed E-state index contributed by atoms with van der Waals surface area (Å²) in [6.07, 6.45) is 2.37. The topological polar surface area (TPSA) is 21.7 Å². The molecular formula is C10H25NO2Si. The lowest BCUT2D eigenvalue weighted by Crippen LogP contribution is -2.48. The van der Waals surface area contributed by atoms with Crippen LogP contribution in [-0.4, -0.2) is 47.2 Å². The molecule has 0 amide bonds. The molecule has 0 aliphatic carbocycles. The van der Waals surface area contributed by atoms with E-state index in [1.165, 1.54) is 12.8 Å². The first kappa shape index (κ1) is 14.1. The third-order valence-corrected chi connectivity index (χ3v) is 4.96. The van der Waals surface area contributed by atoms with Crippen LogP contribution in [0, 0.1) is 0 Å². The summed E-state index contributed by atoms with van der Waals surface area (Å²) in [5.41, 5.74) is 0.519. The Hall–Kier alpha value is 0.0969. The molecule has 0 spiro atoms. The van der Waals surface area contributed by atoms with Crippen LogP contribution in [0.2, 0.25) is 0 Å². The molecule has 0 aliphatic rings. The Morgan fingerprint density at radius 2 is 1.57 bits per heavy atom. The van der Waals surface area contributed by atoms with Gasteiger partial charge < -0.3 is 8.85 Å². The van der Waals surface area contributed by atoms with Gasteiger partial charge in [0, 0.05) is 14.2 Å². The summed E-state index contributed by atoms with van der Waals surface area (Å²) in [4.78, 5) is 2.45. The molecule has 0 radical (unpaired) electrons. The predicted molar refractivity (Wildman–Crippen MR) is 62.8 cm³/mol. The lowest BCUT2D eigenvalue weighted by atomic mass is 10.3. The van der Waals surface area contributed by atoms with Gasteiger partial charge in [0.05, 0.1) is 5.67 Å². The Balaban J connectivity index is 4.36. The summed E-state index contributed by atoms with van der Waals surface area (Å²) in [5.74, 6) is 0. The van der Waals surface area contributed by atoms with E-state index >= 15 is 0 Å². The van der Waals surface area contributed by atoms with E-state index in [0.29, 0.717) is 5.67 Å². The highest BCUT2D eigenvalue weighted by atomic mass is 28.3. The second-order valence-electron chi connectivity index (χ2n) is 3.42. The van der Waals surface area contributed by atoms with Crippen LogP contribution in [0.1, 0.15) is 33.6 Å². The number of rotatable bonds is 8. The molecule has 0 rings (SSSR count). The highest BCUT2D eigenvalue weighted by molar-refractivity contribution is 6.46. The molecule has 3 nitrogen and oxygen atoms in total. The summed E-state index contributed by atoms with van der Waals surface area (Å²) in [5, 5.41) is 0. The van der Waals surface area contributed by atoms with E-state index in [4.69, 9.17) is 8.85 Å². The number of hydrogen-bond donors (Lipinski definition) is 0. The van der Waals surface area contributed by atoms with Gasteiger partial charge in [-0.05, 0) is 19.5 Å². The average Bonchev–Trinajstić information content (AvgIpc) is 2.21. The average molecular weight is 219 g/mol. The van der Waals surface area contributed by atoms with Crippen molar-refractivity contribution in [1.82, 2.24) is 4.90 Å². The number of nitrogens with zero attached hydrogens (tertiary/aromatic N) is 1. The molecule has 1 unspecified atom stereocenters. The maximum atomic E-state index is 5.47. The van der Waals surface area contributed by atoms with Crippen LogP contribution in [0.25, 0.3) is 0 Å². The fraction of sp³-hybridized carbons (Fsp3) is 1.00. The van der Waals surface area contributed by atoms with E-state index in [1.807, 2.05) is 0 Å². The van der Waals surface area contributed by atoms with Gasteiger partial charge in [-0.3, -0.25) is 4.90 Å². The van der Waals surface area contributed by atoms with Crippen LogP contribution >= 0.6 is 0 Å². The molecule has 86 valence electrons. The van der Waals surface area contributed by atoms with Crippen molar-refractivity contribution in [1.29, 1.82) is 0 Å². The van der Waals surface area contributed by atoms with E-state index in [2.05, 4.69) is 25.7 Å². The minimum Gasteiger partial charge on any atom is -0.399 e. The van der Waals surface area contributed by atoms with E-state index in [9.17, 15) is 0 Å². The van der Waals surface area contributed by atoms with Gasteiger partial charge in [0.1, 0.15) is 0 Å². The van der Waals surface area contributed by atoms with Crippen molar-refractivity contribution >= 4 is 9.28 Å². The molecule has 1 atom stereocenters. The van der Waals surface area contributed by atoms with Crippen molar-refractivity contribution < 1.29 is 8.85 Å². The van der Waals surface area contributed by atoms with Crippen LogP contribution in [0.4, 0.5) is 0 Å². The largest absolute Gasteiger partial charge is 0.399 e. The Morgan fingerprint density at radius 3 is 1.86 bits per heavy atom. The van der Waals surface area contributed by atoms with Crippen molar-refractivity contribution in [3.8, 4) is 0 Å². The lowest BCUT2D eigenvalue weighted by molar-refractivity contribution is 0.185. The Labute approximate surface area is 90.2 Å². The first-order valence-electron chi connectivity index (χ1n) is 5.54. The maximum absolute atomic E-state index is 5.47. The van der Waals surface area contributed by atoms with Crippen LogP contribution in [0.5, 0.6) is 0 Å². The van der Waals surface area contributed by atoms with Crippen LogP contribution in [0.15, 0.2) is 0 Å². The first-order chi connectivity index (χ1) is 6.74. The third kappa shape index (κ3) is 4.08. The molecule has 0 fully saturated rings. The molecule has 0 aliphatic heterocycles. The summed E-state index contributed by atoms with van der Waals surface area (Å²) in [6, 6.07) is 0. The Kier molecular flexibility index (Phi) is 8.47. The van der Waals surface area contributed by atoms with Gasteiger partial charge in [-0.1, -0.05) is 27.2 Å². The summed E-state index contributed by atoms with van der Waals surface area (Å²) in [7, 11) is 2.05. The molecular weight excluding hydrogens is 194 g/mol. The molecule has 0 saturated carbocycles. The second kappa shape index (κ2) is 8.41. The quantitative estimate of drug-likeness (QED) is 0.578. The minimum atomic E-state index is -1.49. The monoisotopic (exact) mass is 219 g/mol. The van der Waals surface area contributed by atoms with Gasteiger partial charge in [-0.15, -0.1) is 0 Å². The van der Waals surface area contributed by atoms with E-state index in [-0.39, 0.29) is 0 Å². The molecule has 0 aromatic heterocycles. The van der Waals surface area contributed by atoms with Crippen molar-refractivity contribution in [3.63, 3.8) is 0 Å². The molecule has 0 saturated heterocycles. The predicted octanol–water partition coefficient (Wildman–Crippen LogP) is 1.55. The zero-order valence-electron chi connectivity index (χ0n) is 10.2. The third-order valence-electron chi connectivity index (χ3n) is 2.64. The molecule has 0 aromatic carbocycles. The van der Waals surface area contributed by atoms with Gasteiger partial charge in [0.2, 0.25) is 0 Å². The fourth-order valence-corrected chi connectivity index (χ4v) is 4.08. The standard InChI is InChI=1S/C10H25NO2Si/c1-6-9-10(11(7-2)8-3)14(12-4)13-5/h10,14H,6-9H2,1-5H3. The van der Waals surface area contributed by atoms with Gasteiger partial charge in [-0.25, -0.2) is 0 Å². The molecule has 0 bridgehead atoms. The SMILES string of the molecule is CCCC(N(CC)CC)[SiH](OC)OC. The van der Waals surface area contributed by atoms with E-state index in [0.717, 1.165) is 13.1 Å². The van der Waals surface area contributed by atoms with Gasteiger partial charge >= 0.3 is 9.28 Å². The Bertz CT molecular complexity index is 115. The minimum absolute atomic E-state index is 0.519. The summed E-state index contributed by atoms with van der Waals surface area (Å²) >= 11 is 0. The summed E-state index contributed by atoms with van der Waals surface area (Å²) < 4.78 is 10.9. The van der Waals surface area contributed by atoms with Crippen molar-refractivity contribution in [2.75, 3.05) is 27.3 Å². The van der Waals surface area contributed by atoms with Crippen molar-refractivity contribution in [3.05, 3.63) is 0 Å². The van der Waals surface area contributed by atoms with Crippen molar-refractivity contribution in [2.45, 2.75) is 39.3 Å². The summed E-state index contributed by atoms with van der Waals surface area (Å²) in [6.45, 7) is 8.77. The smallest absolute Gasteiger partial charge is 0.338 e. The van der Waals surface area contributed by atoms with Gasteiger partial charge in [0.15, 0.2) is 0 Å². The second-order valence-corrected chi connectivity index (χ2v) is 5.87. The molecule has 4 heteroatoms. The zero-order valence-corrected chi connectivity index (χ0v) is 11.4. The van der Waals surface area contributed by atoms with Crippen LogP contribution < -0.4 is 0 Å². The van der Waals surface area contributed by atoms with Crippen LogP contribution in [-0.2, 0) is 8.85 Å². The maximum Gasteiger partial charge on any atom is 0.338 e. The molecule has 0 N–H and O–H groups in total. The van der Waals surface area contributed by atoms with Gasteiger partial charge in [0.25, 0.3) is 0 Å². The van der Waals surface area contributed by atoms with Crippen LogP contribution in [0.3, 0.4) is 0 Å².